The smallest absolute Gasteiger partial charge is 0.253 e. The first kappa shape index (κ1) is 18.1. The third kappa shape index (κ3) is 4.28. The van der Waals surface area contributed by atoms with Crippen LogP contribution >= 0.6 is 0 Å². The van der Waals surface area contributed by atoms with Crippen LogP contribution in [0.4, 0.5) is 0 Å². The third-order valence-electron chi connectivity index (χ3n) is 4.62. The van der Waals surface area contributed by atoms with E-state index in [-0.39, 0.29) is 5.91 Å². The molecule has 1 heterocycles. The van der Waals surface area contributed by atoms with E-state index in [0.29, 0.717) is 17.9 Å². The van der Waals surface area contributed by atoms with Gasteiger partial charge in [0.15, 0.2) is 0 Å². The maximum Gasteiger partial charge on any atom is 0.253 e. The number of carbonyl (C=O) groups is 1. The summed E-state index contributed by atoms with van der Waals surface area (Å²) in [6.45, 7) is 2.00. The van der Waals surface area contributed by atoms with Crippen LogP contribution in [-0.2, 0) is 6.61 Å². The SMILES string of the molecule is COc1ccc(OCc2cc(C(=O)N3CCCCC3)ccc2OC)cc1. The zero-order valence-electron chi connectivity index (χ0n) is 15.4. The predicted octanol–water partition coefficient (Wildman–Crippen LogP) is 3.91. The van der Waals surface area contributed by atoms with Gasteiger partial charge in [-0.25, -0.2) is 0 Å². The molecular weight excluding hydrogens is 330 g/mol. The Labute approximate surface area is 154 Å². The van der Waals surface area contributed by atoms with Gasteiger partial charge in [-0.15, -0.1) is 0 Å². The van der Waals surface area contributed by atoms with E-state index in [2.05, 4.69) is 0 Å². The van der Waals surface area contributed by atoms with Crippen molar-refractivity contribution < 1.29 is 19.0 Å². The van der Waals surface area contributed by atoms with Crippen molar-refractivity contribution in [3.05, 3.63) is 53.6 Å². The van der Waals surface area contributed by atoms with Crippen LogP contribution < -0.4 is 14.2 Å². The second-order valence-corrected chi connectivity index (χ2v) is 6.34. The van der Waals surface area contributed by atoms with Crippen molar-refractivity contribution in [3.63, 3.8) is 0 Å². The predicted molar refractivity (Wildman–Crippen MR) is 100 cm³/mol. The Bertz CT molecular complexity index is 736. The maximum atomic E-state index is 12.7. The first-order chi connectivity index (χ1) is 12.7. The third-order valence-corrected chi connectivity index (χ3v) is 4.62. The second-order valence-electron chi connectivity index (χ2n) is 6.34. The summed E-state index contributed by atoms with van der Waals surface area (Å²) in [4.78, 5) is 14.7. The fourth-order valence-electron chi connectivity index (χ4n) is 3.14. The summed E-state index contributed by atoms with van der Waals surface area (Å²) in [7, 11) is 3.25. The normalized spacial score (nSPS) is 14.0. The van der Waals surface area contributed by atoms with Crippen LogP contribution in [0.15, 0.2) is 42.5 Å². The Hall–Kier alpha value is -2.69. The lowest BCUT2D eigenvalue weighted by Crippen LogP contribution is -2.35. The largest absolute Gasteiger partial charge is 0.497 e. The van der Waals surface area contributed by atoms with Gasteiger partial charge in [-0.1, -0.05) is 0 Å². The van der Waals surface area contributed by atoms with E-state index in [1.807, 2.05) is 47.4 Å². The van der Waals surface area contributed by atoms with Crippen LogP contribution in [-0.4, -0.2) is 38.1 Å². The van der Waals surface area contributed by atoms with E-state index in [4.69, 9.17) is 14.2 Å². The van der Waals surface area contributed by atoms with Gasteiger partial charge in [0, 0.05) is 24.2 Å². The number of nitrogens with zero attached hydrogens (tertiary/aromatic N) is 1. The topological polar surface area (TPSA) is 48.0 Å². The first-order valence-corrected chi connectivity index (χ1v) is 8.94. The number of likely N-dealkylation sites (tertiary alicyclic amines) is 1. The molecular formula is C21H25NO4. The molecule has 3 rings (SSSR count). The number of piperidine rings is 1. The lowest BCUT2D eigenvalue weighted by Gasteiger charge is -2.27. The zero-order chi connectivity index (χ0) is 18.4. The molecule has 26 heavy (non-hydrogen) atoms. The average molecular weight is 355 g/mol. The van der Waals surface area contributed by atoms with Crippen molar-refractivity contribution in [2.75, 3.05) is 27.3 Å². The number of carbonyl (C=O) groups excluding carboxylic acids is 1. The monoisotopic (exact) mass is 355 g/mol. The molecule has 0 aromatic heterocycles. The van der Waals surface area contributed by atoms with Crippen LogP contribution in [0, 0.1) is 0 Å². The Morgan fingerprint density at radius 1 is 0.923 bits per heavy atom. The molecule has 1 saturated heterocycles. The van der Waals surface area contributed by atoms with E-state index in [0.717, 1.165) is 43.0 Å². The van der Waals surface area contributed by atoms with Crippen molar-refractivity contribution in [1.82, 2.24) is 4.90 Å². The fourth-order valence-corrected chi connectivity index (χ4v) is 3.14. The van der Waals surface area contributed by atoms with Gasteiger partial charge in [-0.3, -0.25) is 4.79 Å². The van der Waals surface area contributed by atoms with Gasteiger partial charge in [-0.05, 0) is 61.7 Å². The molecule has 0 spiro atoms. The highest BCUT2D eigenvalue weighted by atomic mass is 16.5. The molecule has 0 N–H and O–H groups in total. The van der Waals surface area contributed by atoms with Gasteiger partial charge >= 0.3 is 0 Å². The van der Waals surface area contributed by atoms with Gasteiger partial charge < -0.3 is 19.1 Å². The lowest BCUT2D eigenvalue weighted by atomic mass is 10.1. The number of ether oxygens (including phenoxy) is 3. The van der Waals surface area contributed by atoms with Gasteiger partial charge in [-0.2, -0.15) is 0 Å². The molecule has 0 bridgehead atoms. The number of amides is 1. The Morgan fingerprint density at radius 2 is 1.62 bits per heavy atom. The molecule has 0 atom stereocenters. The number of rotatable bonds is 6. The first-order valence-electron chi connectivity index (χ1n) is 8.94. The number of methoxy groups -OCH3 is 2. The molecule has 2 aromatic carbocycles. The maximum absolute atomic E-state index is 12.7. The van der Waals surface area contributed by atoms with Crippen LogP contribution in [0.2, 0.25) is 0 Å². The van der Waals surface area contributed by atoms with Gasteiger partial charge in [0.25, 0.3) is 5.91 Å². The molecule has 0 unspecified atom stereocenters. The van der Waals surface area contributed by atoms with Gasteiger partial charge in [0.1, 0.15) is 23.9 Å². The van der Waals surface area contributed by atoms with Crippen LogP contribution in [0.1, 0.15) is 35.2 Å². The molecule has 5 heteroatoms. The number of hydrogen-bond acceptors (Lipinski definition) is 4. The molecule has 1 aliphatic heterocycles. The van der Waals surface area contributed by atoms with E-state index in [9.17, 15) is 4.79 Å². The summed E-state index contributed by atoms with van der Waals surface area (Å²) in [5, 5.41) is 0. The van der Waals surface area contributed by atoms with Crippen molar-refractivity contribution in [1.29, 1.82) is 0 Å². The van der Waals surface area contributed by atoms with Crippen molar-refractivity contribution in [3.8, 4) is 17.2 Å². The van der Waals surface area contributed by atoms with Gasteiger partial charge in [0.05, 0.1) is 14.2 Å². The molecule has 0 aliphatic carbocycles. The molecule has 2 aromatic rings. The Balaban J connectivity index is 1.73. The minimum Gasteiger partial charge on any atom is -0.497 e. The zero-order valence-corrected chi connectivity index (χ0v) is 15.4. The summed E-state index contributed by atoms with van der Waals surface area (Å²) in [5.41, 5.74) is 1.53. The van der Waals surface area contributed by atoms with Crippen molar-refractivity contribution >= 4 is 5.91 Å². The van der Waals surface area contributed by atoms with E-state index >= 15 is 0 Å². The minimum atomic E-state index is 0.0815. The summed E-state index contributed by atoms with van der Waals surface area (Å²) < 4.78 is 16.4. The summed E-state index contributed by atoms with van der Waals surface area (Å²) in [6.07, 6.45) is 3.36. The molecule has 5 nitrogen and oxygen atoms in total. The van der Waals surface area contributed by atoms with E-state index in [1.54, 1.807) is 14.2 Å². The quantitative estimate of drug-likeness (QED) is 0.788. The summed E-state index contributed by atoms with van der Waals surface area (Å²) >= 11 is 0. The van der Waals surface area contributed by atoms with Crippen LogP contribution in [0.5, 0.6) is 17.2 Å². The Morgan fingerprint density at radius 3 is 2.27 bits per heavy atom. The highest BCUT2D eigenvalue weighted by molar-refractivity contribution is 5.94. The number of hydrogen-bond donors (Lipinski definition) is 0. The molecule has 0 radical (unpaired) electrons. The van der Waals surface area contributed by atoms with E-state index in [1.165, 1.54) is 6.42 Å². The number of benzene rings is 2. The lowest BCUT2D eigenvalue weighted by molar-refractivity contribution is 0.0724. The Kier molecular flexibility index (Phi) is 6.00. The van der Waals surface area contributed by atoms with Crippen LogP contribution in [0.25, 0.3) is 0 Å². The summed E-state index contributed by atoms with van der Waals surface area (Å²) in [6, 6.07) is 12.9. The highest BCUT2D eigenvalue weighted by Crippen LogP contribution is 2.24. The summed E-state index contributed by atoms with van der Waals surface area (Å²) in [5.74, 6) is 2.32. The molecule has 1 fully saturated rings. The van der Waals surface area contributed by atoms with E-state index < -0.39 is 0 Å². The standard InChI is InChI=1S/C21H25NO4/c1-24-18-7-9-19(10-8-18)26-15-17-14-16(6-11-20(17)25-2)21(23)22-12-4-3-5-13-22/h6-11,14H,3-5,12-13,15H2,1-2H3. The molecule has 1 amide bonds. The molecule has 138 valence electrons. The average Bonchev–Trinajstić information content (AvgIpc) is 2.72. The van der Waals surface area contributed by atoms with Gasteiger partial charge in [0.2, 0.25) is 0 Å². The highest BCUT2D eigenvalue weighted by Gasteiger charge is 2.19. The second kappa shape index (κ2) is 8.61. The van der Waals surface area contributed by atoms with Crippen molar-refractivity contribution in [2.45, 2.75) is 25.9 Å². The molecule has 1 aliphatic rings. The minimum absolute atomic E-state index is 0.0815. The van der Waals surface area contributed by atoms with Crippen LogP contribution in [0.3, 0.4) is 0 Å². The fraction of sp³-hybridized carbons (Fsp3) is 0.381. The molecule has 0 saturated carbocycles. The van der Waals surface area contributed by atoms with Crippen molar-refractivity contribution in [2.24, 2.45) is 0 Å².